The van der Waals surface area contributed by atoms with Gasteiger partial charge >= 0.3 is 5.97 Å². The van der Waals surface area contributed by atoms with Gasteiger partial charge in [0, 0.05) is 11.6 Å². The lowest BCUT2D eigenvalue weighted by Gasteiger charge is -2.13. The van der Waals surface area contributed by atoms with Crippen LogP contribution in [0.1, 0.15) is 47.5 Å². The molecule has 1 saturated carbocycles. The highest BCUT2D eigenvalue weighted by molar-refractivity contribution is 7.92. The molecular weight excluding hydrogens is 522 g/mol. The highest BCUT2D eigenvalue weighted by Gasteiger charge is 2.23. The van der Waals surface area contributed by atoms with E-state index in [2.05, 4.69) is 9.71 Å². The zero-order chi connectivity index (χ0) is 26.3. The normalized spacial score (nSPS) is 14.2. The summed E-state index contributed by atoms with van der Waals surface area (Å²) in [4.78, 5) is 15.5. The summed E-state index contributed by atoms with van der Waals surface area (Å²) in [6.45, 7) is 0. The zero-order valence-corrected chi connectivity index (χ0v) is 21.3. The molecule has 3 aromatic carbocycles. The number of fused-ring (bicyclic) bond motifs is 1. The van der Waals surface area contributed by atoms with E-state index in [0.717, 1.165) is 43.4 Å². The third kappa shape index (κ3) is 4.88. The Kier molecular flexibility index (Phi) is 6.59. The molecule has 1 aliphatic carbocycles. The highest BCUT2D eigenvalue weighted by Crippen LogP contribution is 2.38. The number of halogens is 2. The van der Waals surface area contributed by atoms with Crippen LogP contribution >= 0.6 is 11.3 Å². The van der Waals surface area contributed by atoms with Crippen molar-refractivity contribution in [3.63, 3.8) is 0 Å². The Morgan fingerprint density at radius 1 is 1.08 bits per heavy atom. The summed E-state index contributed by atoms with van der Waals surface area (Å²) >= 11 is 1.25. The number of ether oxygens (including phenoxy) is 1. The van der Waals surface area contributed by atoms with E-state index >= 15 is 0 Å². The van der Waals surface area contributed by atoms with Gasteiger partial charge in [-0.3, -0.25) is 4.72 Å². The Morgan fingerprint density at radius 3 is 2.51 bits per heavy atom. The van der Waals surface area contributed by atoms with Crippen LogP contribution in [0.25, 0.3) is 20.8 Å². The first-order valence-electron chi connectivity index (χ1n) is 11.5. The number of benzene rings is 3. The van der Waals surface area contributed by atoms with E-state index in [1.54, 1.807) is 18.2 Å². The first kappa shape index (κ1) is 25.1. The number of hydrogen-bond acceptors (Lipinski definition) is 6. The first-order valence-corrected chi connectivity index (χ1v) is 13.8. The minimum Gasteiger partial charge on any atom is -0.495 e. The Labute approximate surface area is 215 Å². The Balaban J connectivity index is 1.45. The van der Waals surface area contributed by atoms with Crippen LogP contribution in [-0.2, 0) is 10.0 Å². The molecule has 192 valence electrons. The minimum atomic E-state index is -4.22. The topological polar surface area (TPSA) is 106 Å². The smallest absolute Gasteiger partial charge is 0.338 e. The van der Waals surface area contributed by atoms with Gasteiger partial charge in [-0.1, -0.05) is 18.9 Å². The van der Waals surface area contributed by atoms with Gasteiger partial charge in [0.05, 0.1) is 33.5 Å². The molecule has 0 unspecified atom stereocenters. The molecule has 0 radical (unpaired) electrons. The molecule has 0 saturated heterocycles. The summed E-state index contributed by atoms with van der Waals surface area (Å²) in [5.74, 6) is -2.77. The van der Waals surface area contributed by atoms with E-state index < -0.39 is 27.4 Å². The quantitative estimate of drug-likeness (QED) is 0.279. The van der Waals surface area contributed by atoms with Crippen LogP contribution in [0.2, 0.25) is 0 Å². The molecule has 1 aliphatic rings. The zero-order valence-electron chi connectivity index (χ0n) is 19.6. The van der Waals surface area contributed by atoms with Crippen LogP contribution in [0.5, 0.6) is 5.75 Å². The maximum absolute atomic E-state index is 15.0. The number of methoxy groups -OCH3 is 1. The molecule has 1 heterocycles. The third-order valence-electron chi connectivity index (χ3n) is 6.48. The number of aromatic carboxylic acids is 1. The molecule has 11 heteroatoms. The predicted molar refractivity (Wildman–Crippen MR) is 137 cm³/mol. The molecule has 0 atom stereocenters. The number of anilines is 1. The number of rotatable bonds is 7. The van der Waals surface area contributed by atoms with Gasteiger partial charge in [-0.05, 0) is 60.7 Å². The third-order valence-corrected chi connectivity index (χ3v) is 8.92. The van der Waals surface area contributed by atoms with E-state index in [9.17, 15) is 22.0 Å². The van der Waals surface area contributed by atoms with Crippen molar-refractivity contribution < 1.29 is 31.8 Å². The van der Waals surface area contributed by atoms with Crippen molar-refractivity contribution in [1.82, 2.24) is 4.98 Å². The molecule has 0 spiro atoms. The van der Waals surface area contributed by atoms with Crippen LogP contribution in [0, 0.1) is 11.6 Å². The summed E-state index contributed by atoms with van der Waals surface area (Å²) in [5, 5.41) is 9.52. The number of aromatic nitrogens is 1. The van der Waals surface area contributed by atoms with Crippen molar-refractivity contribution in [3.05, 3.63) is 71.3 Å². The van der Waals surface area contributed by atoms with Crippen molar-refractivity contribution in [2.75, 3.05) is 11.8 Å². The Hall–Kier alpha value is -3.57. The molecular formula is C26H22F2N2O5S2. The summed E-state index contributed by atoms with van der Waals surface area (Å²) in [6, 6.07) is 11.2. The second-order valence-corrected chi connectivity index (χ2v) is 11.5. The predicted octanol–water partition coefficient (Wildman–Crippen LogP) is 6.41. The lowest BCUT2D eigenvalue weighted by molar-refractivity contribution is 0.0691. The second kappa shape index (κ2) is 9.71. The van der Waals surface area contributed by atoms with E-state index in [0.29, 0.717) is 26.7 Å². The van der Waals surface area contributed by atoms with Gasteiger partial charge in [-0.25, -0.2) is 27.0 Å². The number of sulfonamides is 1. The first-order chi connectivity index (χ1) is 17.7. The fraction of sp³-hybridized carbons (Fsp3) is 0.231. The fourth-order valence-electron chi connectivity index (χ4n) is 4.58. The molecule has 1 fully saturated rings. The highest BCUT2D eigenvalue weighted by atomic mass is 32.2. The van der Waals surface area contributed by atoms with E-state index in [4.69, 9.17) is 9.84 Å². The van der Waals surface area contributed by atoms with Crippen LogP contribution in [0.15, 0.2) is 53.4 Å². The molecule has 0 bridgehead atoms. The van der Waals surface area contributed by atoms with Gasteiger partial charge in [0.15, 0.2) is 0 Å². The summed E-state index contributed by atoms with van der Waals surface area (Å²) in [5.41, 5.74) is 0.793. The average molecular weight is 545 g/mol. The Bertz CT molecular complexity index is 1630. The average Bonchev–Trinajstić information content (AvgIpc) is 3.53. The number of carboxylic acid groups (broad SMARTS) is 1. The summed E-state index contributed by atoms with van der Waals surface area (Å²) in [7, 11) is -3.01. The van der Waals surface area contributed by atoms with Gasteiger partial charge < -0.3 is 9.84 Å². The number of nitrogens with one attached hydrogen (secondary N) is 1. The summed E-state index contributed by atoms with van der Waals surface area (Å²) < 4.78 is 63.2. The largest absolute Gasteiger partial charge is 0.495 e. The van der Waals surface area contributed by atoms with Gasteiger partial charge in [0.25, 0.3) is 10.0 Å². The fourth-order valence-corrected chi connectivity index (χ4v) is 6.63. The maximum Gasteiger partial charge on any atom is 0.338 e. The van der Waals surface area contributed by atoms with Crippen LogP contribution in [0.4, 0.5) is 14.5 Å². The Morgan fingerprint density at radius 2 is 1.84 bits per heavy atom. The number of nitrogens with zero attached hydrogens (tertiary/aromatic N) is 1. The SMILES string of the molecule is COc1cc(C(=O)O)c(F)cc1NS(=O)(=O)c1ccc2sc(-c3ccc(C4CCCC4)cc3F)nc2c1. The lowest BCUT2D eigenvalue weighted by Crippen LogP contribution is -2.14. The van der Waals surface area contributed by atoms with Gasteiger partial charge in [0.2, 0.25) is 0 Å². The number of carboxylic acids is 1. The molecule has 5 rings (SSSR count). The standard InChI is InChI=1S/C26H22F2N2O5S2/c1-35-23-12-18(26(31)32)20(28)13-21(23)30-37(33,34)16-7-9-24-22(11-16)29-25(36-24)17-8-6-15(10-19(17)27)14-4-2-3-5-14/h6-14,30H,2-5H2,1H3,(H,31,32). The molecule has 1 aromatic heterocycles. The van der Waals surface area contributed by atoms with Crippen molar-refractivity contribution >= 4 is 43.2 Å². The molecule has 37 heavy (non-hydrogen) atoms. The minimum absolute atomic E-state index is 0.154. The van der Waals surface area contributed by atoms with Crippen molar-refractivity contribution in [1.29, 1.82) is 0 Å². The molecule has 7 nitrogen and oxygen atoms in total. The van der Waals surface area contributed by atoms with E-state index in [1.807, 2.05) is 6.07 Å². The molecule has 4 aromatic rings. The lowest BCUT2D eigenvalue weighted by atomic mass is 9.96. The van der Waals surface area contributed by atoms with Crippen LogP contribution < -0.4 is 9.46 Å². The molecule has 0 amide bonds. The maximum atomic E-state index is 15.0. The monoisotopic (exact) mass is 544 g/mol. The van der Waals surface area contributed by atoms with Gasteiger partial charge in [0.1, 0.15) is 22.4 Å². The van der Waals surface area contributed by atoms with Crippen molar-refractivity contribution in [2.24, 2.45) is 0 Å². The van der Waals surface area contributed by atoms with Crippen molar-refractivity contribution in [3.8, 4) is 16.3 Å². The molecule has 2 N–H and O–H groups in total. The second-order valence-electron chi connectivity index (χ2n) is 8.81. The van der Waals surface area contributed by atoms with E-state index in [1.165, 1.54) is 30.6 Å². The van der Waals surface area contributed by atoms with Gasteiger partial charge in [-0.15, -0.1) is 11.3 Å². The van der Waals surface area contributed by atoms with E-state index in [-0.39, 0.29) is 22.1 Å². The van der Waals surface area contributed by atoms with Gasteiger partial charge in [-0.2, -0.15) is 0 Å². The number of thiazole rings is 1. The number of hydrogen-bond donors (Lipinski definition) is 2. The van der Waals surface area contributed by atoms with Crippen molar-refractivity contribution in [2.45, 2.75) is 36.5 Å². The number of carbonyl (C=O) groups is 1. The van der Waals surface area contributed by atoms with Crippen LogP contribution in [-0.4, -0.2) is 31.6 Å². The van der Waals surface area contributed by atoms with Crippen LogP contribution in [0.3, 0.4) is 0 Å². The summed E-state index contributed by atoms with van der Waals surface area (Å²) in [6.07, 6.45) is 4.43. The molecule has 0 aliphatic heterocycles.